The highest BCUT2D eigenvalue weighted by atomic mass is 32.1. The minimum atomic E-state index is -0.323. The number of para-hydroxylation sites is 1. The molecule has 0 bridgehead atoms. The van der Waals surface area contributed by atoms with Gasteiger partial charge in [-0.3, -0.25) is 4.79 Å². The van der Waals surface area contributed by atoms with E-state index in [1.807, 2.05) is 47.0 Å². The monoisotopic (exact) mass is 430 g/mol. The van der Waals surface area contributed by atoms with Crippen LogP contribution in [0.1, 0.15) is 10.4 Å². The van der Waals surface area contributed by atoms with E-state index < -0.39 is 0 Å². The van der Waals surface area contributed by atoms with E-state index in [-0.39, 0.29) is 12.7 Å². The molecule has 5 rings (SSSR count). The van der Waals surface area contributed by atoms with Gasteiger partial charge >= 0.3 is 0 Å². The molecular formula is C24H18N2O4S. The summed E-state index contributed by atoms with van der Waals surface area (Å²) in [7, 11) is 0. The smallest absolute Gasteiger partial charge is 0.279 e. The van der Waals surface area contributed by atoms with E-state index >= 15 is 0 Å². The second-order valence-corrected chi connectivity index (χ2v) is 7.82. The van der Waals surface area contributed by atoms with Gasteiger partial charge in [0.05, 0.1) is 10.2 Å². The molecule has 0 spiro atoms. The third-order valence-electron chi connectivity index (χ3n) is 4.77. The molecule has 1 aliphatic heterocycles. The number of allylic oxidation sites excluding steroid dienone is 1. The molecule has 3 aromatic carbocycles. The van der Waals surface area contributed by atoms with E-state index in [9.17, 15) is 4.79 Å². The molecular weight excluding hydrogens is 412 g/mol. The summed E-state index contributed by atoms with van der Waals surface area (Å²) in [4.78, 5) is 17.8. The van der Waals surface area contributed by atoms with Crippen molar-refractivity contribution in [3.8, 4) is 23.0 Å². The summed E-state index contributed by atoms with van der Waals surface area (Å²) in [5.41, 5.74) is 1.41. The van der Waals surface area contributed by atoms with Crippen molar-refractivity contribution in [1.82, 2.24) is 4.57 Å². The largest absolute Gasteiger partial charge is 0.457 e. The fraction of sp³-hybridized carbons (Fsp3) is 0.0833. The summed E-state index contributed by atoms with van der Waals surface area (Å²) < 4.78 is 19.6. The van der Waals surface area contributed by atoms with E-state index in [1.165, 1.54) is 11.3 Å². The van der Waals surface area contributed by atoms with Gasteiger partial charge in [0.2, 0.25) is 6.79 Å². The van der Waals surface area contributed by atoms with Crippen molar-refractivity contribution in [1.29, 1.82) is 0 Å². The Labute approximate surface area is 182 Å². The number of nitrogens with zero attached hydrogens (tertiary/aromatic N) is 2. The molecule has 0 saturated heterocycles. The lowest BCUT2D eigenvalue weighted by molar-refractivity contribution is 0.0998. The first-order chi connectivity index (χ1) is 15.2. The van der Waals surface area contributed by atoms with E-state index in [4.69, 9.17) is 14.2 Å². The van der Waals surface area contributed by atoms with Crippen LogP contribution >= 0.6 is 11.3 Å². The van der Waals surface area contributed by atoms with Crippen LogP contribution in [-0.4, -0.2) is 17.3 Å². The Hall–Kier alpha value is -3.84. The molecule has 0 saturated carbocycles. The van der Waals surface area contributed by atoms with Crippen LogP contribution in [0.5, 0.6) is 23.0 Å². The van der Waals surface area contributed by atoms with Crippen molar-refractivity contribution in [3.05, 3.63) is 89.7 Å². The minimum Gasteiger partial charge on any atom is -0.457 e. The molecule has 1 aliphatic rings. The van der Waals surface area contributed by atoms with E-state index in [0.717, 1.165) is 16.0 Å². The molecule has 0 aliphatic carbocycles. The Balaban J connectivity index is 1.46. The predicted molar refractivity (Wildman–Crippen MR) is 119 cm³/mol. The van der Waals surface area contributed by atoms with Crippen LogP contribution in [-0.2, 0) is 6.54 Å². The quantitative estimate of drug-likeness (QED) is 0.411. The lowest BCUT2D eigenvalue weighted by Gasteiger charge is -2.05. The van der Waals surface area contributed by atoms with Gasteiger partial charge in [0.1, 0.15) is 11.5 Å². The second kappa shape index (κ2) is 8.12. The molecule has 1 amide bonds. The maximum Gasteiger partial charge on any atom is 0.279 e. The zero-order valence-corrected chi connectivity index (χ0v) is 17.3. The van der Waals surface area contributed by atoms with Crippen molar-refractivity contribution in [3.63, 3.8) is 0 Å². The van der Waals surface area contributed by atoms with Crippen LogP contribution in [0.25, 0.3) is 10.2 Å². The molecule has 0 N–H and O–H groups in total. The Morgan fingerprint density at radius 2 is 1.77 bits per heavy atom. The predicted octanol–water partition coefficient (Wildman–Crippen LogP) is 5.15. The first-order valence-corrected chi connectivity index (χ1v) is 10.5. The van der Waals surface area contributed by atoms with Gasteiger partial charge in [-0.05, 0) is 36.4 Å². The molecule has 6 nitrogen and oxygen atoms in total. The number of benzene rings is 3. The van der Waals surface area contributed by atoms with Crippen molar-refractivity contribution in [2.24, 2.45) is 4.99 Å². The van der Waals surface area contributed by atoms with Crippen molar-refractivity contribution in [2.45, 2.75) is 6.54 Å². The maximum absolute atomic E-state index is 12.8. The normalized spacial score (nSPS) is 12.8. The van der Waals surface area contributed by atoms with Gasteiger partial charge in [0, 0.05) is 24.2 Å². The molecule has 0 atom stereocenters. The molecule has 31 heavy (non-hydrogen) atoms. The Morgan fingerprint density at radius 3 is 2.52 bits per heavy atom. The number of amides is 1. The lowest BCUT2D eigenvalue weighted by Crippen LogP contribution is -2.16. The highest BCUT2D eigenvalue weighted by molar-refractivity contribution is 7.16. The molecule has 2 heterocycles. The van der Waals surface area contributed by atoms with E-state index in [0.29, 0.717) is 34.2 Å². The first kappa shape index (κ1) is 19.1. The molecule has 4 aromatic rings. The van der Waals surface area contributed by atoms with Crippen LogP contribution in [0.2, 0.25) is 0 Å². The number of hydrogen-bond acceptors (Lipinski definition) is 5. The fourth-order valence-electron chi connectivity index (χ4n) is 3.29. The summed E-state index contributed by atoms with van der Waals surface area (Å²) in [5, 5.41) is 0. The van der Waals surface area contributed by atoms with E-state index in [2.05, 4.69) is 11.6 Å². The van der Waals surface area contributed by atoms with Gasteiger partial charge < -0.3 is 18.8 Å². The maximum atomic E-state index is 12.8. The molecule has 1 aromatic heterocycles. The number of thiazole rings is 1. The molecule has 0 fully saturated rings. The number of carbonyl (C=O) groups is 1. The Morgan fingerprint density at radius 1 is 1.06 bits per heavy atom. The van der Waals surface area contributed by atoms with Crippen LogP contribution in [0.4, 0.5) is 0 Å². The minimum absolute atomic E-state index is 0.216. The standard InChI is InChI=1S/C24H18N2O4S/c1-2-12-26-19-13-20-21(29-15-28-20)14-22(19)31-24(26)25-23(27)16-8-10-18(11-9-16)30-17-6-4-3-5-7-17/h2-11,13-14H,1,12,15H2. The molecule has 154 valence electrons. The zero-order valence-electron chi connectivity index (χ0n) is 16.5. The van der Waals surface area contributed by atoms with Gasteiger partial charge in [-0.15, -0.1) is 6.58 Å². The average Bonchev–Trinajstić information content (AvgIpc) is 3.37. The lowest BCUT2D eigenvalue weighted by atomic mass is 10.2. The highest BCUT2D eigenvalue weighted by Crippen LogP contribution is 2.37. The third-order valence-corrected chi connectivity index (χ3v) is 5.81. The number of carbonyl (C=O) groups excluding carboxylic acids is 1. The number of fused-ring (bicyclic) bond motifs is 2. The summed E-state index contributed by atoms with van der Waals surface area (Å²) >= 11 is 1.43. The summed E-state index contributed by atoms with van der Waals surface area (Å²) in [6.45, 7) is 4.56. The van der Waals surface area contributed by atoms with Crippen LogP contribution in [0.3, 0.4) is 0 Å². The van der Waals surface area contributed by atoms with Crippen LogP contribution in [0.15, 0.2) is 84.4 Å². The molecule has 7 heteroatoms. The van der Waals surface area contributed by atoms with Crippen molar-refractivity contribution in [2.75, 3.05) is 6.79 Å². The van der Waals surface area contributed by atoms with Crippen LogP contribution in [0, 0.1) is 0 Å². The first-order valence-electron chi connectivity index (χ1n) is 9.67. The fourth-order valence-corrected chi connectivity index (χ4v) is 4.34. The summed E-state index contributed by atoms with van der Waals surface area (Å²) in [6, 6.07) is 20.3. The van der Waals surface area contributed by atoms with E-state index in [1.54, 1.807) is 30.3 Å². The number of rotatable bonds is 5. The SMILES string of the molecule is C=CCn1c(=NC(=O)c2ccc(Oc3ccccc3)cc2)sc2cc3c(cc21)OCO3. The zero-order chi connectivity index (χ0) is 21.2. The molecule has 0 unspecified atom stereocenters. The van der Waals surface area contributed by atoms with Gasteiger partial charge in [-0.25, -0.2) is 0 Å². The summed E-state index contributed by atoms with van der Waals surface area (Å²) in [5.74, 6) is 2.46. The Bertz CT molecular complexity index is 1340. The second-order valence-electron chi connectivity index (χ2n) is 6.81. The summed E-state index contributed by atoms with van der Waals surface area (Å²) in [6.07, 6.45) is 1.77. The van der Waals surface area contributed by atoms with Gasteiger partial charge in [0.25, 0.3) is 5.91 Å². The topological polar surface area (TPSA) is 62.1 Å². The van der Waals surface area contributed by atoms with Gasteiger partial charge in [-0.2, -0.15) is 4.99 Å². The van der Waals surface area contributed by atoms with Crippen LogP contribution < -0.4 is 19.0 Å². The van der Waals surface area contributed by atoms with Crippen molar-refractivity contribution >= 4 is 27.5 Å². The number of ether oxygens (including phenoxy) is 3. The number of aromatic nitrogens is 1. The number of hydrogen-bond donors (Lipinski definition) is 0. The highest BCUT2D eigenvalue weighted by Gasteiger charge is 2.18. The van der Waals surface area contributed by atoms with Crippen molar-refractivity contribution < 1.29 is 19.0 Å². The average molecular weight is 430 g/mol. The third kappa shape index (κ3) is 3.83. The van der Waals surface area contributed by atoms with Gasteiger partial charge in [0.15, 0.2) is 16.3 Å². The Kier molecular flexibility index (Phi) is 5.01. The van der Waals surface area contributed by atoms with Gasteiger partial charge in [-0.1, -0.05) is 35.6 Å². The molecule has 0 radical (unpaired) electrons.